The van der Waals surface area contributed by atoms with Crippen molar-refractivity contribution < 1.29 is 19.4 Å². The Morgan fingerprint density at radius 3 is 2.78 bits per heavy atom. The standard InChI is InChI=1S/C11H11BrClNO4/c1-18-11(17)9(15)5-14-10(16)7-3-2-6(13)4-8(7)12/h2-4,9,15H,5H2,1H3,(H,14,16). The zero-order chi connectivity index (χ0) is 13.7. The molecule has 2 N–H and O–H groups in total. The van der Waals surface area contributed by atoms with E-state index in [2.05, 4.69) is 26.0 Å². The molecule has 5 nitrogen and oxygen atoms in total. The molecule has 0 aromatic heterocycles. The Balaban J connectivity index is 2.63. The largest absolute Gasteiger partial charge is 0.467 e. The van der Waals surface area contributed by atoms with E-state index in [0.29, 0.717) is 15.1 Å². The van der Waals surface area contributed by atoms with Gasteiger partial charge in [-0.1, -0.05) is 11.6 Å². The fraction of sp³-hybridized carbons (Fsp3) is 0.273. The van der Waals surface area contributed by atoms with Gasteiger partial charge in [0.1, 0.15) is 0 Å². The third kappa shape index (κ3) is 3.97. The molecule has 1 unspecified atom stereocenters. The third-order valence-corrected chi connectivity index (χ3v) is 3.00. The topological polar surface area (TPSA) is 75.6 Å². The molecular weight excluding hydrogens is 325 g/mol. The van der Waals surface area contributed by atoms with Crippen LogP contribution in [0.1, 0.15) is 10.4 Å². The number of ether oxygens (including phenoxy) is 1. The first-order chi connectivity index (χ1) is 8.45. The van der Waals surface area contributed by atoms with Crippen LogP contribution in [0.2, 0.25) is 5.02 Å². The van der Waals surface area contributed by atoms with Crippen LogP contribution in [0, 0.1) is 0 Å². The highest BCUT2D eigenvalue weighted by Crippen LogP contribution is 2.21. The summed E-state index contributed by atoms with van der Waals surface area (Å²) < 4.78 is 4.85. The molecule has 0 aliphatic carbocycles. The summed E-state index contributed by atoms with van der Waals surface area (Å²) in [5, 5.41) is 12.2. The van der Waals surface area contributed by atoms with Crippen molar-refractivity contribution >= 4 is 39.4 Å². The van der Waals surface area contributed by atoms with E-state index in [1.54, 1.807) is 12.1 Å². The minimum atomic E-state index is -1.38. The van der Waals surface area contributed by atoms with Gasteiger partial charge in [0.2, 0.25) is 0 Å². The molecule has 0 heterocycles. The number of hydrogen-bond donors (Lipinski definition) is 2. The zero-order valence-corrected chi connectivity index (χ0v) is 11.8. The number of carbonyl (C=O) groups excluding carboxylic acids is 2. The number of rotatable bonds is 4. The summed E-state index contributed by atoms with van der Waals surface area (Å²) in [7, 11) is 1.16. The highest BCUT2D eigenvalue weighted by molar-refractivity contribution is 9.10. The molecule has 0 radical (unpaired) electrons. The number of amides is 1. The van der Waals surface area contributed by atoms with Gasteiger partial charge in [-0.2, -0.15) is 0 Å². The molecule has 0 aliphatic rings. The Morgan fingerprint density at radius 1 is 1.56 bits per heavy atom. The molecule has 1 aromatic carbocycles. The summed E-state index contributed by atoms with van der Waals surface area (Å²) in [6, 6.07) is 4.68. The van der Waals surface area contributed by atoms with Crippen LogP contribution in [0.15, 0.2) is 22.7 Å². The Hall–Kier alpha value is -1.11. The first kappa shape index (κ1) is 14.9. The van der Waals surface area contributed by atoms with Crippen LogP contribution in [-0.4, -0.2) is 36.7 Å². The van der Waals surface area contributed by atoms with Crippen LogP contribution in [0.3, 0.4) is 0 Å². The molecule has 98 valence electrons. The second-order valence-electron chi connectivity index (χ2n) is 3.37. The number of esters is 1. The van der Waals surface area contributed by atoms with Crippen LogP contribution in [0.25, 0.3) is 0 Å². The van der Waals surface area contributed by atoms with E-state index in [4.69, 9.17) is 11.6 Å². The molecule has 1 atom stereocenters. The Morgan fingerprint density at radius 2 is 2.22 bits per heavy atom. The summed E-state index contributed by atoms with van der Waals surface area (Å²) in [5.74, 6) is -1.23. The second kappa shape index (κ2) is 6.72. The zero-order valence-electron chi connectivity index (χ0n) is 9.44. The molecule has 0 spiro atoms. The van der Waals surface area contributed by atoms with Gasteiger partial charge < -0.3 is 15.2 Å². The quantitative estimate of drug-likeness (QED) is 0.814. The second-order valence-corrected chi connectivity index (χ2v) is 4.66. The summed E-state index contributed by atoms with van der Waals surface area (Å²) in [6.45, 7) is -0.222. The lowest BCUT2D eigenvalue weighted by Gasteiger charge is -2.10. The van der Waals surface area contributed by atoms with E-state index >= 15 is 0 Å². The van der Waals surface area contributed by atoms with Crippen molar-refractivity contribution in [2.45, 2.75) is 6.10 Å². The fourth-order valence-corrected chi connectivity index (χ4v) is 2.04. The summed E-state index contributed by atoms with van der Waals surface area (Å²) in [4.78, 5) is 22.7. The fourth-order valence-electron chi connectivity index (χ4n) is 1.18. The Bertz CT molecular complexity index is 466. The van der Waals surface area contributed by atoms with Gasteiger partial charge in [-0.05, 0) is 34.1 Å². The maximum absolute atomic E-state index is 11.7. The van der Waals surface area contributed by atoms with Gasteiger partial charge in [-0.3, -0.25) is 4.79 Å². The lowest BCUT2D eigenvalue weighted by Crippen LogP contribution is -2.37. The SMILES string of the molecule is COC(=O)C(O)CNC(=O)c1ccc(Cl)cc1Br. The van der Waals surface area contributed by atoms with E-state index in [1.165, 1.54) is 6.07 Å². The molecule has 1 rings (SSSR count). The molecule has 0 saturated heterocycles. The predicted molar refractivity (Wildman–Crippen MR) is 69.5 cm³/mol. The number of hydrogen-bond acceptors (Lipinski definition) is 4. The van der Waals surface area contributed by atoms with Gasteiger partial charge in [0.15, 0.2) is 6.10 Å². The van der Waals surface area contributed by atoms with Crippen molar-refractivity contribution in [3.8, 4) is 0 Å². The van der Waals surface area contributed by atoms with E-state index in [0.717, 1.165) is 7.11 Å². The van der Waals surface area contributed by atoms with Gasteiger partial charge in [0.25, 0.3) is 5.91 Å². The van der Waals surface area contributed by atoms with Crippen molar-refractivity contribution in [1.29, 1.82) is 0 Å². The van der Waals surface area contributed by atoms with E-state index in [1.807, 2.05) is 0 Å². The third-order valence-electron chi connectivity index (χ3n) is 2.10. The predicted octanol–water partition coefficient (Wildman–Crippen LogP) is 1.37. The van der Waals surface area contributed by atoms with Crippen molar-refractivity contribution in [3.05, 3.63) is 33.3 Å². The van der Waals surface area contributed by atoms with E-state index in [9.17, 15) is 14.7 Å². The highest BCUT2D eigenvalue weighted by Gasteiger charge is 2.17. The molecule has 0 fully saturated rings. The number of carbonyl (C=O) groups is 2. The number of nitrogens with one attached hydrogen (secondary N) is 1. The van der Waals surface area contributed by atoms with Gasteiger partial charge >= 0.3 is 5.97 Å². The molecule has 1 amide bonds. The Labute approximate surface area is 117 Å². The monoisotopic (exact) mass is 335 g/mol. The van der Waals surface area contributed by atoms with Gasteiger partial charge in [0, 0.05) is 9.50 Å². The van der Waals surface area contributed by atoms with Crippen molar-refractivity contribution in [2.24, 2.45) is 0 Å². The van der Waals surface area contributed by atoms with Gasteiger partial charge in [-0.25, -0.2) is 4.79 Å². The number of methoxy groups -OCH3 is 1. The van der Waals surface area contributed by atoms with E-state index in [-0.39, 0.29) is 6.54 Å². The van der Waals surface area contributed by atoms with E-state index < -0.39 is 18.0 Å². The average Bonchev–Trinajstić information content (AvgIpc) is 2.34. The number of halogens is 2. The van der Waals surface area contributed by atoms with Crippen LogP contribution in [-0.2, 0) is 9.53 Å². The lowest BCUT2D eigenvalue weighted by molar-refractivity contribution is -0.149. The van der Waals surface area contributed by atoms with Crippen molar-refractivity contribution in [3.63, 3.8) is 0 Å². The number of aliphatic hydroxyl groups excluding tert-OH is 1. The maximum Gasteiger partial charge on any atom is 0.336 e. The molecule has 1 aromatic rings. The first-order valence-electron chi connectivity index (χ1n) is 4.95. The lowest BCUT2D eigenvalue weighted by atomic mass is 10.2. The maximum atomic E-state index is 11.7. The van der Waals surface area contributed by atoms with Crippen LogP contribution < -0.4 is 5.32 Å². The molecular formula is C11H11BrClNO4. The summed E-state index contributed by atoms with van der Waals surface area (Å²) in [6.07, 6.45) is -1.38. The molecule has 7 heteroatoms. The van der Waals surface area contributed by atoms with Crippen LogP contribution in [0.5, 0.6) is 0 Å². The molecule has 0 saturated carbocycles. The number of benzene rings is 1. The Kier molecular flexibility index (Phi) is 5.58. The van der Waals surface area contributed by atoms with Gasteiger partial charge in [-0.15, -0.1) is 0 Å². The number of aliphatic hydroxyl groups is 1. The minimum absolute atomic E-state index is 0.222. The molecule has 0 bridgehead atoms. The van der Waals surface area contributed by atoms with Crippen LogP contribution in [0.4, 0.5) is 0 Å². The van der Waals surface area contributed by atoms with Gasteiger partial charge in [0.05, 0.1) is 19.2 Å². The molecule has 0 aliphatic heterocycles. The first-order valence-corrected chi connectivity index (χ1v) is 6.12. The van der Waals surface area contributed by atoms with Crippen LogP contribution >= 0.6 is 27.5 Å². The minimum Gasteiger partial charge on any atom is -0.467 e. The highest BCUT2D eigenvalue weighted by atomic mass is 79.9. The van der Waals surface area contributed by atoms with Crippen molar-refractivity contribution in [2.75, 3.05) is 13.7 Å². The van der Waals surface area contributed by atoms with Crippen molar-refractivity contribution in [1.82, 2.24) is 5.32 Å². The normalized spacial score (nSPS) is 11.8. The average molecular weight is 337 g/mol. The molecule has 18 heavy (non-hydrogen) atoms. The summed E-state index contributed by atoms with van der Waals surface area (Å²) in [5.41, 5.74) is 0.358. The smallest absolute Gasteiger partial charge is 0.336 e. The summed E-state index contributed by atoms with van der Waals surface area (Å²) >= 11 is 8.94.